The van der Waals surface area contributed by atoms with Crippen LogP contribution in [-0.2, 0) is 11.2 Å². The van der Waals surface area contributed by atoms with Gasteiger partial charge in [0.15, 0.2) is 0 Å². The number of benzene rings is 1. The van der Waals surface area contributed by atoms with Crippen molar-refractivity contribution in [2.75, 3.05) is 0 Å². The number of carboxylic acids is 1. The smallest absolute Gasteiger partial charge is 0.320 e. The van der Waals surface area contributed by atoms with Crippen molar-refractivity contribution in [3.8, 4) is 0 Å². The molecular formula is C10H11F2NO2. The van der Waals surface area contributed by atoms with Gasteiger partial charge in [0.25, 0.3) is 0 Å². The van der Waals surface area contributed by atoms with Crippen LogP contribution in [0.4, 0.5) is 8.78 Å². The van der Waals surface area contributed by atoms with E-state index in [2.05, 4.69) is 0 Å². The molecule has 0 heterocycles. The molecule has 0 saturated carbocycles. The molecule has 5 heteroatoms. The van der Waals surface area contributed by atoms with Gasteiger partial charge in [-0.2, -0.15) is 0 Å². The molecule has 0 radical (unpaired) electrons. The Balaban J connectivity index is 2.69. The van der Waals surface area contributed by atoms with Gasteiger partial charge in [0.05, 0.1) is 0 Å². The van der Waals surface area contributed by atoms with Crippen molar-refractivity contribution in [1.82, 2.24) is 0 Å². The van der Waals surface area contributed by atoms with Gasteiger partial charge in [-0.05, 0) is 25.0 Å². The molecule has 0 saturated heterocycles. The van der Waals surface area contributed by atoms with E-state index < -0.39 is 23.6 Å². The summed E-state index contributed by atoms with van der Waals surface area (Å²) in [6.45, 7) is 0. The van der Waals surface area contributed by atoms with Gasteiger partial charge in [-0.1, -0.05) is 6.07 Å². The van der Waals surface area contributed by atoms with E-state index in [1.165, 1.54) is 6.07 Å². The lowest BCUT2D eigenvalue weighted by molar-refractivity contribution is -0.138. The first-order valence-electron chi connectivity index (χ1n) is 4.43. The number of nitrogens with two attached hydrogens (primary N) is 1. The van der Waals surface area contributed by atoms with Crippen molar-refractivity contribution in [1.29, 1.82) is 0 Å². The van der Waals surface area contributed by atoms with Gasteiger partial charge in [0.2, 0.25) is 0 Å². The third kappa shape index (κ3) is 2.99. The maximum Gasteiger partial charge on any atom is 0.320 e. The van der Waals surface area contributed by atoms with E-state index >= 15 is 0 Å². The zero-order chi connectivity index (χ0) is 11.4. The molecule has 15 heavy (non-hydrogen) atoms. The van der Waals surface area contributed by atoms with Crippen LogP contribution < -0.4 is 5.73 Å². The minimum Gasteiger partial charge on any atom is -0.480 e. The van der Waals surface area contributed by atoms with Crippen LogP contribution in [0.1, 0.15) is 12.0 Å². The fraction of sp³-hybridized carbons (Fsp3) is 0.300. The molecule has 3 N–H and O–H groups in total. The lowest BCUT2D eigenvalue weighted by Gasteiger charge is -2.07. The first-order chi connectivity index (χ1) is 7.02. The molecule has 0 unspecified atom stereocenters. The van der Waals surface area contributed by atoms with Crippen molar-refractivity contribution in [2.45, 2.75) is 18.9 Å². The van der Waals surface area contributed by atoms with Crippen molar-refractivity contribution in [3.63, 3.8) is 0 Å². The molecule has 0 aromatic heterocycles. The van der Waals surface area contributed by atoms with Crippen LogP contribution in [0.15, 0.2) is 18.2 Å². The summed E-state index contributed by atoms with van der Waals surface area (Å²) in [6, 6.07) is 2.42. The summed E-state index contributed by atoms with van der Waals surface area (Å²) in [7, 11) is 0. The number of carboxylic acid groups (broad SMARTS) is 1. The van der Waals surface area contributed by atoms with E-state index in [9.17, 15) is 13.6 Å². The first-order valence-corrected chi connectivity index (χ1v) is 4.43. The number of aliphatic carboxylic acids is 1. The predicted molar refractivity (Wildman–Crippen MR) is 50.3 cm³/mol. The zero-order valence-corrected chi connectivity index (χ0v) is 7.91. The molecule has 0 fully saturated rings. The maximum atomic E-state index is 13.1. The molecule has 1 aromatic rings. The Hall–Kier alpha value is -1.49. The summed E-state index contributed by atoms with van der Waals surface area (Å²) in [5, 5.41) is 8.49. The minimum absolute atomic E-state index is 0.00713. The van der Waals surface area contributed by atoms with Gasteiger partial charge in [0.1, 0.15) is 17.7 Å². The summed E-state index contributed by atoms with van der Waals surface area (Å²) >= 11 is 0. The molecule has 82 valence electrons. The van der Waals surface area contributed by atoms with Crippen LogP contribution in [0.5, 0.6) is 0 Å². The van der Waals surface area contributed by atoms with E-state index in [0.717, 1.165) is 12.1 Å². The molecule has 0 amide bonds. The average Bonchev–Trinajstić information content (AvgIpc) is 2.16. The van der Waals surface area contributed by atoms with Gasteiger partial charge >= 0.3 is 5.97 Å². The first kappa shape index (κ1) is 11.6. The Bertz CT molecular complexity index is 348. The van der Waals surface area contributed by atoms with Gasteiger partial charge in [-0.25, -0.2) is 8.78 Å². The van der Waals surface area contributed by atoms with Gasteiger partial charge in [-0.15, -0.1) is 0 Å². The average molecular weight is 215 g/mol. The Kier molecular flexibility index (Phi) is 3.74. The molecular weight excluding hydrogens is 204 g/mol. The largest absolute Gasteiger partial charge is 0.480 e. The second-order valence-electron chi connectivity index (χ2n) is 3.18. The van der Waals surface area contributed by atoms with Crippen LogP contribution in [0, 0.1) is 11.6 Å². The zero-order valence-electron chi connectivity index (χ0n) is 7.91. The molecule has 0 aliphatic rings. The Morgan fingerprint density at radius 1 is 1.40 bits per heavy atom. The van der Waals surface area contributed by atoms with Crippen molar-refractivity contribution >= 4 is 5.97 Å². The highest BCUT2D eigenvalue weighted by Gasteiger charge is 2.14. The number of hydrogen-bond donors (Lipinski definition) is 2. The van der Waals surface area contributed by atoms with Crippen molar-refractivity contribution in [3.05, 3.63) is 35.4 Å². The molecule has 0 bridgehead atoms. The normalized spacial score (nSPS) is 12.5. The monoisotopic (exact) mass is 215 g/mol. The lowest BCUT2D eigenvalue weighted by atomic mass is 10.0. The van der Waals surface area contributed by atoms with Crippen LogP contribution in [0.2, 0.25) is 0 Å². The second-order valence-corrected chi connectivity index (χ2v) is 3.18. The second kappa shape index (κ2) is 4.84. The van der Waals surface area contributed by atoms with Gasteiger partial charge < -0.3 is 10.8 Å². The number of halogens is 2. The Morgan fingerprint density at radius 3 is 2.40 bits per heavy atom. The van der Waals surface area contributed by atoms with Crippen LogP contribution in [0.3, 0.4) is 0 Å². The summed E-state index contributed by atoms with van der Waals surface area (Å²) in [4.78, 5) is 10.4. The quantitative estimate of drug-likeness (QED) is 0.795. The SMILES string of the molecule is N[C@@H](CCc1c(F)cccc1F)C(=O)O. The summed E-state index contributed by atoms with van der Waals surface area (Å²) in [5.41, 5.74) is 5.10. The highest BCUT2D eigenvalue weighted by Crippen LogP contribution is 2.14. The van der Waals surface area contributed by atoms with Crippen molar-refractivity contribution < 1.29 is 18.7 Å². The van der Waals surface area contributed by atoms with E-state index in [-0.39, 0.29) is 18.4 Å². The van der Waals surface area contributed by atoms with E-state index in [0.29, 0.717) is 0 Å². The molecule has 0 aliphatic carbocycles. The Morgan fingerprint density at radius 2 is 1.93 bits per heavy atom. The van der Waals surface area contributed by atoms with Crippen molar-refractivity contribution in [2.24, 2.45) is 5.73 Å². The molecule has 1 aromatic carbocycles. The molecule has 1 atom stereocenters. The fourth-order valence-corrected chi connectivity index (χ4v) is 1.19. The van der Waals surface area contributed by atoms with Gasteiger partial charge in [-0.3, -0.25) is 4.79 Å². The van der Waals surface area contributed by atoms with E-state index in [4.69, 9.17) is 10.8 Å². The fourth-order valence-electron chi connectivity index (χ4n) is 1.19. The molecule has 1 rings (SSSR count). The topological polar surface area (TPSA) is 63.3 Å². The predicted octanol–water partition coefficient (Wildman–Crippen LogP) is 1.31. The lowest BCUT2D eigenvalue weighted by Crippen LogP contribution is -2.30. The van der Waals surface area contributed by atoms with Gasteiger partial charge in [0, 0.05) is 5.56 Å². The van der Waals surface area contributed by atoms with E-state index in [1.54, 1.807) is 0 Å². The number of hydrogen-bond acceptors (Lipinski definition) is 2. The van der Waals surface area contributed by atoms with Crippen LogP contribution in [0.25, 0.3) is 0 Å². The standard InChI is InChI=1S/C10H11F2NO2/c11-7-2-1-3-8(12)6(7)4-5-9(13)10(14)15/h1-3,9H,4-5,13H2,(H,14,15)/t9-/m0/s1. The maximum absolute atomic E-state index is 13.1. The summed E-state index contributed by atoms with van der Waals surface area (Å²) < 4.78 is 26.1. The van der Waals surface area contributed by atoms with Crippen LogP contribution in [-0.4, -0.2) is 17.1 Å². The molecule has 0 aliphatic heterocycles. The minimum atomic E-state index is -1.17. The highest BCUT2D eigenvalue weighted by molar-refractivity contribution is 5.73. The summed E-state index contributed by atoms with van der Waals surface area (Å²) in [5.74, 6) is -2.52. The number of rotatable bonds is 4. The number of carbonyl (C=O) groups is 1. The third-order valence-electron chi connectivity index (χ3n) is 2.08. The Labute approximate surface area is 85.5 Å². The van der Waals surface area contributed by atoms with E-state index in [1.807, 2.05) is 0 Å². The summed E-state index contributed by atoms with van der Waals surface area (Å²) in [6.07, 6.45) is -0.0147. The molecule has 0 spiro atoms. The van der Waals surface area contributed by atoms with Crippen LogP contribution >= 0.6 is 0 Å². The highest BCUT2D eigenvalue weighted by atomic mass is 19.1. The molecule has 3 nitrogen and oxygen atoms in total. The third-order valence-corrected chi connectivity index (χ3v) is 2.08.